The summed E-state index contributed by atoms with van der Waals surface area (Å²) in [5.74, 6) is 0.860. The number of benzene rings is 2. The van der Waals surface area contributed by atoms with E-state index in [9.17, 15) is 0 Å². The fourth-order valence-corrected chi connectivity index (χ4v) is 2.95. The monoisotopic (exact) mass is 347 g/mol. The number of hydrogen-bond acceptors (Lipinski definition) is 2. The second-order valence-electron chi connectivity index (χ2n) is 5.26. The molecule has 0 fully saturated rings. The highest BCUT2D eigenvalue weighted by Gasteiger charge is 2.12. The molecule has 0 aliphatic heterocycles. The first-order valence-electron chi connectivity index (χ1n) is 7.24. The number of hydrogen-bond donors (Lipinski definition) is 1. The zero-order chi connectivity index (χ0) is 15.4. The molecule has 0 heterocycles. The molecule has 0 radical (unpaired) electrons. The topological polar surface area (TPSA) is 21.3 Å². The predicted molar refractivity (Wildman–Crippen MR) is 93.3 cm³/mol. The molecule has 3 heteroatoms. The Labute approximate surface area is 135 Å². The summed E-state index contributed by atoms with van der Waals surface area (Å²) in [5, 5.41) is 3.56. The van der Waals surface area contributed by atoms with Crippen molar-refractivity contribution in [3.63, 3.8) is 0 Å². The number of rotatable bonds is 5. The van der Waals surface area contributed by atoms with E-state index in [-0.39, 0.29) is 6.04 Å². The van der Waals surface area contributed by atoms with E-state index in [1.54, 1.807) is 7.11 Å². The van der Waals surface area contributed by atoms with Crippen molar-refractivity contribution in [1.29, 1.82) is 0 Å². The molecular formula is C18H22BrNO. The third-order valence-corrected chi connectivity index (χ3v) is 4.19. The summed E-state index contributed by atoms with van der Waals surface area (Å²) in [4.78, 5) is 0. The van der Waals surface area contributed by atoms with E-state index in [1.165, 1.54) is 16.7 Å². The van der Waals surface area contributed by atoms with Crippen LogP contribution >= 0.6 is 15.9 Å². The number of anilines is 1. The van der Waals surface area contributed by atoms with E-state index in [0.717, 1.165) is 22.3 Å². The van der Waals surface area contributed by atoms with Crippen molar-refractivity contribution < 1.29 is 4.74 Å². The number of halogens is 1. The van der Waals surface area contributed by atoms with Gasteiger partial charge in [0.15, 0.2) is 0 Å². The van der Waals surface area contributed by atoms with Crippen LogP contribution in [0.2, 0.25) is 0 Å². The quantitative estimate of drug-likeness (QED) is 0.770. The molecule has 1 atom stereocenters. The molecule has 112 valence electrons. The summed E-state index contributed by atoms with van der Waals surface area (Å²) in [5.41, 5.74) is 4.85. The number of methoxy groups -OCH3 is 1. The lowest BCUT2D eigenvalue weighted by atomic mass is 10.0. The van der Waals surface area contributed by atoms with E-state index in [4.69, 9.17) is 4.74 Å². The molecule has 2 aromatic carbocycles. The van der Waals surface area contributed by atoms with Gasteiger partial charge in [-0.1, -0.05) is 47.1 Å². The highest BCUT2D eigenvalue weighted by atomic mass is 79.9. The molecule has 2 nitrogen and oxygen atoms in total. The molecule has 21 heavy (non-hydrogen) atoms. The predicted octanol–water partition coefficient (Wildman–Crippen LogP) is 5.50. The lowest BCUT2D eigenvalue weighted by Gasteiger charge is -2.20. The maximum Gasteiger partial charge on any atom is 0.143 e. The van der Waals surface area contributed by atoms with Crippen molar-refractivity contribution in [1.82, 2.24) is 0 Å². The number of ether oxygens (including phenoxy) is 1. The van der Waals surface area contributed by atoms with Crippen molar-refractivity contribution in [3.8, 4) is 5.75 Å². The van der Waals surface area contributed by atoms with Crippen molar-refractivity contribution in [3.05, 3.63) is 57.6 Å². The summed E-state index contributed by atoms with van der Waals surface area (Å²) in [6, 6.07) is 13.1. The van der Waals surface area contributed by atoms with Gasteiger partial charge in [0.25, 0.3) is 0 Å². The van der Waals surface area contributed by atoms with Gasteiger partial charge in [-0.3, -0.25) is 0 Å². The molecule has 2 rings (SSSR count). The average molecular weight is 348 g/mol. The summed E-state index contributed by atoms with van der Waals surface area (Å²) in [7, 11) is 1.70. The summed E-state index contributed by atoms with van der Waals surface area (Å²) >= 11 is 3.51. The van der Waals surface area contributed by atoms with E-state index in [1.807, 2.05) is 6.07 Å². The molecule has 0 saturated carbocycles. The normalized spacial score (nSPS) is 12.0. The molecule has 1 unspecified atom stereocenters. The van der Waals surface area contributed by atoms with Gasteiger partial charge in [0.2, 0.25) is 0 Å². The van der Waals surface area contributed by atoms with Gasteiger partial charge in [-0.05, 0) is 49.1 Å². The SMILES string of the molecule is CCc1ccc(C(C)Nc2c(C)cc(Br)cc2OC)cc1. The van der Waals surface area contributed by atoms with Crippen molar-refractivity contribution >= 4 is 21.6 Å². The minimum absolute atomic E-state index is 0.227. The van der Waals surface area contributed by atoms with Gasteiger partial charge < -0.3 is 10.1 Å². The zero-order valence-electron chi connectivity index (χ0n) is 13.0. The van der Waals surface area contributed by atoms with Gasteiger partial charge in [-0.15, -0.1) is 0 Å². The minimum atomic E-state index is 0.227. The van der Waals surface area contributed by atoms with E-state index < -0.39 is 0 Å². The van der Waals surface area contributed by atoms with E-state index in [0.29, 0.717) is 0 Å². The Bertz CT molecular complexity index is 607. The first-order valence-corrected chi connectivity index (χ1v) is 8.04. The maximum atomic E-state index is 5.49. The molecule has 0 saturated heterocycles. The summed E-state index contributed by atoms with van der Waals surface area (Å²) in [6.07, 6.45) is 1.07. The van der Waals surface area contributed by atoms with Crippen LogP contribution in [0, 0.1) is 6.92 Å². The molecule has 0 amide bonds. The van der Waals surface area contributed by atoms with Gasteiger partial charge in [-0.25, -0.2) is 0 Å². The highest BCUT2D eigenvalue weighted by Crippen LogP contribution is 2.34. The van der Waals surface area contributed by atoms with Crippen LogP contribution in [0.4, 0.5) is 5.69 Å². The first-order chi connectivity index (χ1) is 10.0. The molecule has 0 aliphatic carbocycles. The Morgan fingerprint density at radius 2 is 1.86 bits per heavy atom. The van der Waals surface area contributed by atoms with Crippen LogP contribution in [-0.4, -0.2) is 7.11 Å². The Balaban J connectivity index is 2.24. The fourth-order valence-electron chi connectivity index (χ4n) is 2.40. The van der Waals surface area contributed by atoms with Crippen LogP contribution in [0.3, 0.4) is 0 Å². The Kier molecular flexibility index (Phi) is 5.29. The van der Waals surface area contributed by atoms with Crippen LogP contribution in [-0.2, 0) is 6.42 Å². The molecule has 0 spiro atoms. The van der Waals surface area contributed by atoms with Crippen molar-refractivity contribution in [2.45, 2.75) is 33.2 Å². The van der Waals surface area contributed by atoms with Crippen LogP contribution in [0.15, 0.2) is 40.9 Å². The molecule has 2 aromatic rings. The third kappa shape index (κ3) is 3.79. The highest BCUT2D eigenvalue weighted by molar-refractivity contribution is 9.10. The van der Waals surface area contributed by atoms with Crippen molar-refractivity contribution in [2.24, 2.45) is 0 Å². The van der Waals surface area contributed by atoms with Gasteiger partial charge in [-0.2, -0.15) is 0 Å². The maximum absolute atomic E-state index is 5.49. The van der Waals surface area contributed by atoms with Crippen LogP contribution in [0.5, 0.6) is 5.75 Å². The summed E-state index contributed by atoms with van der Waals surface area (Å²) < 4.78 is 6.52. The smallest absolute Gasteiger partial charge is 0.143 e. The first kappa shape index (κ1) is 15.9. The van der Waals surface area contributed by atoms with Crippen molar-refractivity contribution in [2.75, 3.05) is 12.4 Å². The van der Waals surface area contributed by atoms with E-state index >= 15 is 0 Å². The average Bonchev–Trinajstić information content (AvgIpc) is 2.49. The van der Waals surface area contributed by atoms with Crippen LogP contribution < -0.4 is 10.1 Å². The largest absolute Gasteiger partial charge is 0.495 e. The van der Waals surface area contributed by atoms with Crippen LogP contribution in [0.1, 0.15) is 36.6 Å². The third-order valence-electron chi connectivity index (χ3n) is 3.73. The second-order valence-corrected chi connectivity index (χ2v) is 6.18. The lowest BCUT2D eigenvalue weighted by molar-refractivity contribution is 0.415. The van der Waals surface area contributed by atoms with E-state index in [2.05, 4.69) is 72.3 Å². The Morgan fingerprint density at radius 1 is 1.19 bits per heavy atom. The molecule has 0 bridgehead atoms. The number of aryl methyl sites for hydroxylation is 2. The van der Waals surface area contributed by atoms with Crippen LogP contribution in [0.25, 0.3) is 0 Å². The van der Waals surface area contributed by atoms with Gasteiger partial charge in [0.05, 0.1) is 12.8 Å². The van der Waals surface area contributed by atoms with Gasteiger partial charge >= 0.3 is 0 Å². The Hall–Kier alpha value is -1.48. The lowest BCUT2D eigenvalue weighted by Crippen LogP contribution is -2.09. The molecule has 1 N–H and O–H groups in total. The number of nitrogens with one attached hydrogen (secondary N) is 1. The molecule has 0 aliphatic rings. The van der Waals surface area contributed by atoms with Gasteiger partial charge in [0, 0.05) is 10.5 Å². The molecular weight excluding hydrogens is 326 g/mol. The minimum Gasteiger partial charge on any atom is -0.495 e. The summed E-state index contributed by atoms with van der Waals surface area (Å²) in [6.45, 7) is 6.43. The van der Waals surface area contributed by atoms with Gasteiger partial charge in [0.1, 0.15) is 5.75 Å². The Morgan fingerprint density at radius 3 is 2.43 bits per heavy atom. The fraction of sp³-hybridized carbons (Fsp3) is 0.333. The molecule has 0 aromatic heterocycles. The standard InChI is InChI=1S/C18H22BrNO/c1-5-14-6-8-15(9-7-14)13(3)20-18-12(2)10-16(19)11-17(18)21-4/h6-11,13,20H,5H2,1-4H3. The second kappa shape index (κ2) is 6.99. The zero-order valence-corrected chi connectivity index (χ0v) is 14.6.